The zero-order valence-electron chi connectivity index (χ0n) is 10.2. The lowest BCUT2D eigenvalue weighted by Crippen LogP contribution is -1.97. The van der Waals surface area contributed by atoms with Gasteiger partial charge < -0.3 is 4.74 Å². The Balaban J connectivity index is 2.59. The molecule has 0 radical (unpaired) electrons. The third kappa shape index (κ3) is 2.25. The van der Waals surface area contributed by atoms with Gasteiger partial charge in [0.1, 0.15) is 11.6 Å². The molecular weight excluding hydrogens is 231 g/mol. The van der Waals surface area contributed by atoms with Crippen LogP contribution in [0.3, 0.4) is 0 Å². The normalized spacial score (nSPS) is 10.2. The molecule has 92 valence electrons. The molecule has 0 spiro atoms. The summed E-state index contributed by atoms with van der Waals surface area (Å²) in [6, 6.07) is 11.6. The van der Waals surface area contributed by atoms with Crippen molar-refractivity contribution in [3.8, 4) is 16.9 Å². The number of ether oxygens (including phenoxy) is 1. The number of hydrogen-bond donors (Lipinski definition) is 0. The maximum atomic E-state index is 14.0. The molecule has 0 aliphatic carbocycles. The summed E-state index contributed by atoms with van der Waals surface area (Å²) in [6.07, 6.45) is 0. The van der Waals surface area contributed by atoms with E-state index < -0.39 is 5.82 Å². The number of carbonyl (C=O) groups excluding carboxylic acids is 1. The third-order valence-electron chi connectivity index (χ3n) is 2.77. The van der Waals surface area contributed by atoms with Crippen LogP contribution in [-0.4, -0.2) is 12.9 Å². The van der Waals surface area contributed by atoms with E-state index >= 15 is 0 Å². The van der Waals surface area contributed by atoms with Crippen LogP contribution in [0.5, 0.6) is 5.75 Å². The van der Waals surface area contributed by atoms with E-state index in [0.29, 0.717) is 22.4 Å². The second kappa shape index (κ2) is 5.00. The third-order valence-corrected chi connectivity index (χ3v) is 2.77. The molecule has 2 aromatic rings. The molecule has 0 aromatic heterocycles. The van der Waals surface area contributed by atoms with Gasteiger partial charge in [0, 0.05) is 17.2 Å². The molecule has 0 atom stereocenters. The van der Waals surface area contributed by atoms with E-state index in [1.807, 2.05) is 0 Å². The van der Waals surface area contributed by atoms with Crippen molar-refractivity contribution in [2.45, 2.75) is 6.92 Å². The second-order valence-electron chi connectivity index (χ2n) is 3.95. The van der Waals surface area contributed by atoms with Gasteiger partial charge in [-0.1, -0.05) is 24.3 Å². The smallest absolute Gasteiger partial charge is 0.160 e. The van der Waals surface area contributed by atoms with E-state index in [2.05, 4.69) is 0 Å². The van der Waals surface area contributed by atoms with Gasteiger partial charge in [0.25, 0.3) is 0 Å². The van der Waals surface area contributed by atoms with Crippen LogP contribution in [-0.2, 0) is 0 Å². The lowest BCUT2D eigenvalue weighted by atomic mass is 9.97. The van der Waals surface area contributed by atoms with Gasteiger partial charge >= 0.3 is 0 Å². The number of rotatable bonds is 3. The van der Waals surface area contributed by atoms with E-state index in [1.54, 1.807) is 36.4 Å². The molecule has 2 aromatic carbocycles. The first-order chi connectivity index (χ1) is 8.63. The SMILES string of the molecule is COc1ccc(-c2ccccc2C(C)=O)c(F)c1. The Hall–Kier alpha value is -2.16. The minimum Gasteiger partial charge on any atom is -0.497 e. The van der Waals surface area contributed by atoms with Crippen LogP contribution in [0.2, 0.25) is 0 Å². The minimum atomic E-state index is -0.400. The fraction of sp³-hybridized carbons (Fsp3) is 0.133. The fourth-order valence-electron chi connectivity index (χ4n) is 1.87. The Kier molecular flexibility index (Phi) is 3.42. The number of carbonyl (C=O) groups is 1. The number of methoxy groups -OCH3 is 1. The van der Waals surface area contributed by atoms with Gasteiger partial charge in [-0.2, -0.15) is 0 Å². The summed E-state index contributed by atoms with van der Waals surface area (Å²) < 4.78 is 18.9. The van der Waals surface area contributed by atoms with E-state index in [0.717, 1.165) is 0 Å². The molecule has 2 rings (SSSR count). The van der Waals surface area contributed by atoms with Crippen molar-refractivity contribution in [2.75, 3.05) is 7.11 Å². The van der Waals surface area contributed by atoms with Crippen molar-refractivity contribution < 1.29 is 13.9 Å². The van der Waals surface area contributed by atoms with Crippen LogP contribution in [0.4, 0.5) is 4.39 Å². The molecule has 0 amide bonds. The maximum absolute atomic E-state index is 14.0. The van der Waals surface area contributed by atoms with Crippen LogP contribution >= 0.6 is 0 Å². The van der Waals surface area contributed by atoms with Crippen LogP contribution < -0.4 is 4.74 Å². The van der Waals surface area contributed by atoms with Gasteiger partial charge in [0.05, 0.1) is 7.11 Å². The maximum Gasteiger partial charge on any atom is 0.160 e. The number of hydrogen-bond acceptors (Lipinski definition) is 2. The summed E-state index contributed by atoms with van der Waals surface area (Å²) in [5.41, 5.74) is 1.52. The predicted octanol–water partition coefficient (Wildman–Crippen LogP) is 3.70. The molecular formula is C15H13FO2. The topological polar surface area (TPSA) is 26.3 Å². The Morgan fingerprint density at radius 2 is 1.83 bits per heavy atom. The standard InChI is InChI=1S/C15H13FO2/c1-10(17)12-5-3-4-6-13(12)14-8-7-11(18-2)9-15(14)16/h3-9H,1-2H3. The average molecular weight is 244 g/mol. The lowest BCUT2D eigenvalue weighted by Gasteiger charge is -2.09. The highest BCUT2D eigenvalue weighted by atomic mass is 19.1. The second-order valence-corrected chi connectivity index (χ2v) is 3.95. The van der Waals surface area contributed by atoms with Crippen molar-refractivity contribution >= 4 is 5.78 Å². The first-order valence-electron chi connectivity index (χ1n) is 5.57. The number of benzene rings is 2. The Bertz CT molecular complexity index is 591. The van der Waals surface area contributed by atoms with Crippen molar-refractivity contribution in [2.24, 2.45) is 0 Å². The molecule has 0 saturated heterocycles. The molecule has 0 heterocycles. The molecule has 0 unspecified atom stereocenters. The number of halogens is 1. The molecule has 0 saturated carbocycles. The minimum absolute atomic E-state index is 0.0826. The van der Waals surface area contributed by atoms with Gasteiger partial charge in [0.15, 0.2) is 5.78 Å². The molecule has 0 aliphatic rings. The predicted molar refractivity (Wildman–Crippen MR) is 68.4 cm³/mol. The van der Waals surface area contributed by atoms with E-state index in [4.69, 9.17) is 4.74 Å². The van der Waals surface area contributed by atoms with Crippen molar-refractivity contribution in [3.05, 3.63) is 53.8 Å². The van der Waals surface area contributed by atoms with Crippen LogP contribution in [0.25, 0.3) is 11.1 Å². The van der Waals surface area contributed by atoms with Crippen LogP contribution in [0, 0.1) is 5.82 Å². The Labute approximate surface area is 105 Å². The molecule has 2 nitrogen and oxygen atoms in total. The summed E-state index contributed by atoms with van der Waals surface area (Å²) >= 11 is 0. The molecule has 0 bridgehead atoms. The van der Waals surface area contributed by atoms with E-state index in [1.165, 1.54) is 20.1 Å². The summed E-state index contributed by atoms with van der Waals surface area (Å²) in [4.78, 5) is 11.5. The van der Waals surface area contributed by atoms with E-state index in [9.17, 15) is 9.18 Å². The van der Waals surface area contributed by atoms with Gasteiger partial charge in [-0.15, -0.1) is 0 Å². The molecule has 0 N–H and O–H groups in total. The Morgan fingerprint density at radius 3 is 2.44 bits per heavy atom. The van der Waals surface area contributed by atoms with Gasteiger partial charge in [0.2, 0.25) is 0 Å². The zero-order valence-corrected chi connectivity index (χ0v) is 10.2. The lowest BCUT2D eigenvalue weighted by molar-refractivity contribution is 0.101. The van der Waals surface area contributed by atoms with Crippen LogP contribution in [0.1, 0.15) is 17.3 Å². The van der Waals surface area contributed by atoms with Gasteiger partial charge in [-0.3, -0.25) is 4.79 Å². The van der Waals surface area contributed by atoms with Crippen LogP contribution in [0.15, 0.2) is 42.5 Å². The number of Topliss-reactive ketones (excluding diaryl/α,β-unsaturated/α-hetero) is 1. The summed E-state index contributed by atoms with van der Waals surface area (Å²) in [6.45, 7) is 1.47. The zero-order chi connectivity index (χ0) is 13.1. The Morgan fingerprint density at radius 1 is 1.11 bits per heavy atom. The van der Waals surface area contributed by atoms with Crippen molar-refractivity contribution in [1.29, 1.82) is 0 Å². The first-order valence-corrected chi connectivity index (χ1v) is 5.57. The highest BCUT2D eigenvalue weighted by Crippen LogP contribution is 2.29. The fourth-order valence-corrected chi connectivity index (χ4v) is 1.87. The van der Waals surface area contributed by atoms with E-state index in [-0.39, 0.29) is 5.78 Å². The number of ketones is 1. The van der Waals surface area contributed by atoms with Gasteiger partial charge in [-0.05, 0) is 24.6 Å². The highest BCUT2D eigenvalue weighted by molar-refractivity contribution is 6.00. The largest absolute Gasteiger partial charge is 0.497 e. The van der Waals surface area contributed by atoms with Crippen molar-refractivity contribution in [1.82, 2.24) is 0 Å². The summed E-state index contributed by atoms with van der Waals surface area (Å²) in [5, 5.41) is 0. The van der Waals surface area contributed by atoms with Gasteiger partial charge in [-0.25, -0.2) is 4.39 Å². The average Bonchev–Trinajstić information content (AvgIpc) is 2.38. The quantitative estimate of drug-likeness (QED) is 0.769. The molecule has 18 heavy (non-hydrogen) atoms. The summed E-state index contributed by atoms with van der Waals surface area (Å²) in [5.74, 6) is -0.0274. The summed E-state index contributed by atoms with van der Waals surface area (Å²) in [7, 11) is 1.48. The first kappa shape index (κ1) is 12.3. The highest BCUT2D eigenvalue weighted by Gasteiger charge is 2.12. The van der Waals surface area contributed by atoms with Crippen molar-refractivity contribution in [3.63, 3.8) is 0 Å². The molecule has 0 aliphatic heterocycles. The molecule has 3 heteroatoms. The molecule has 0 fully saturated rings. The monoisotopic (exact) mass is 244 g/mol.